The fraction of sp³-hybridized carbons (Fsp3) is 0.174. The number of amides is 1. The zero-order valence-electron chi connectivity index (χ0n) is 16.6. The molecule has 2 heterocycles. The lowest BCUT2D eigenvalue weighted by Gasteiger charge is -2.11. The van der Waals surface area contributed by atoms with Crippen molar-refractivity contribution in [2.24, 2.45) is 0 Å². The summed E-state index contributed by atoms with van der Waals surface area (Å²) in [6.07, 6.45) is 0.810. The molecule has 4 rings (SSSR count). The van der Waals surface area contributed by atoms with Crippen molar-refractivity contribution in [2.45, 2.75) is 26.7 Å². The minimum atomic E-state index is -0.310. The summed E-state index contributed by atoms with van der Waals surface area (Å²) >= 11 is 6.10. The van der Waals surface area contributed by atoms with Crippen LogP contribution in [0.3, 0.4) is 0 Å². The average molecular weight is 423 g/mol. The Bertz CT molecular complexity index is 1250. The number of benzene rings is 2. The maximum atomic E-state index is 13.6. The molecule has 0 radical (unpaired) electrons. The molecule has 7 heteroatoms. The number of aromatic nitrogens is 3. The largest absolute Gasteiger partial charge is 0.325 e. The smallest absolute Gasteiger partial charge is 0.224 e. The van der Waals surface area contributed by atoms with Gasteiger partial charge in [-0.3, -0.25) is 4.79 Å². The highest BCUT2D eigenvalue weighted by Crippen LogP contribution is 2.24. The number of carbonyl (C=O) groups is 1. The van der Waals surface area contributed by atoms with Gasteiger partial charge >= 0.3 is 0 Å². The van der Waals surface area contributed by atoms with Crippen LogP contribution in [0.1, 0.15) is 23.4 Å². The lowest BCUT2D eigenvalue weighted by molar-refractivity contribution is -0.116. The molecule has 2 aromatic heterocycles. The second-order valence-electron chi connectivity index (χ2n) is 7.10. The van der Waals surface area contributed by atoms with Crippen LogP contribution in [-0.2, 0) is 11.2 Å². The van der Waals surface area contributed by atoms with Crippen molar-refractivity contribution in [2.75, 3.05) is 5.32 Å². The first-order chi connectivity index (χ1) is 14.4. The number of nitrogens with one attached hydrogen (secondary N) is 1. The molecule has 5 nitrogen and oxygen atoms in total. The van der Waals surface area contributed by atoms with Crippen molar-refractivity contribution >= 4 is 28.8 Å². The number of anilines is 1. The third kappa shape index (κ3) is 4.04. The van der Waals surface area contributed by atoms with Crippen LogP contribution < -0.4 is 5.32 Å². The van der Waals surface area contributed by atoms with Gasteiger partial charge in [0.25, 0.3) is 0 Å². The number of halogens is 2. The zero-order valence-corrected chi connectivity index (χ0v) is 17.4. The third-order valence-electron chi connectivity index (χ3n) is 5.03. The van der Waals surface area contributed by atoms with E-state index in [2.05, 4.69) is 15.4 Å². The van der Waals surface area contributed by atoms with Gasteiger partial charge in [-0.25, -0.2) is 13.9 Å². The van der Waals surface area contributed by atoms with Gasteiger partial charge < -0.3 is 5.32 Å². The quantitative estimate of drug-likeness (QED) is 0.470. The Morgan fingerprint density at radius 3 is 2.70 bits per heavy atom. The summed E-state index contributed by atoms with van der Waals surface area (Å²) in [5.41, 5.74) is 5.34. The van der Waals surface area contributed by atoms with E-state index in [1.54, 1.807) is 22.7 Å². The van der Waals surface area contributed by atoms with E-state index >= 15 is 0 Å². The molecular formula is C23H20ClFN4O. The molecule has 0 aliphatic rings. The standard InChI is InChI=1S/C23H20ClFN4O/c1-14-18(10-11-23(30)27-20-9-4-3-8-19(20)24)15(2)29-22(26-14)13-21(28-29)16-6-5-7-17(25)12-16/h3-9,12-13H,10-11H2,1-2H3,(H,27,30). The van der Waals surface area contributed by atoms with Gasteiger partial charge in [0.1, 0.15) is 5.82 Å². The van der Waals surface area contributed by atoms with E-state index < -0.39 is 0 Å². The molecule has 2 aromatic carbocycles. The average Bonchev–Trinajstić information content (AvgIpc) is 3.14. The molecule has 0 unspecified atom stereocenters. The lowest BCUT2D eigenvalue weighted by Crippen LogP contribution is -2.14. The van der Waals surface area contributed by atoms with Crippen molar-refractivity contribution in [3.05, 3.63) is 82.4 Å². The summed E-state index contributed by atoms with van der Waals surface area (Å²) in [6.45, 7) is 3.87. The lowest BCUT2D eigenvalue weighted by atomic mass is 10.1. The van der Waals surface area contributed by atoms with E-state index in [1.165, 1.54) is 12.1 Å². The van der Waals surface area contributed by atoms with E-state index in [9.17, 15) is 9.18 Å². The maximum absolute atomic E-state index is 13.6. The normalized spacial score (nSPS) is 11.1. The highest BCUT2D eigenvalue weighted by Gasteiger charge is 2.15. The van der Waals surface area contributed by atoms with Gasteiger partial charge in [-0.15, -0.1) is 0 Å². The first kappa shape index (κ1) is 20.0. The molecule has 0 bridgehead atoms. The van der Waals surface area contributed by atoms with Gasteiger partial charge in [0, 0.05) is 29.4 Å². The van der Waals surface area contributed by atoms with Gasteiger partial charge in [0.15, 0.2) is 5.65 Å². The van der Waals surface area contributed by atoms with Gasteiger partial charge in [-0.2, -0.15) is 5.10 Å². The van der Waals surface area contributed by atoms with Crippen LogP contribution in [0.4, 0.5) is 10.1 Å². The maximum Gasteiger partial charge on any atom is 0.224 e. The van der Waals surface area contributed by atoms with E-state index in [0.29, 0.717) is 34.0 Å². The summed E-state index contributed by atoms with van der Waals surface area (Å²) in [7, 11) is 0. The second kappa shape index (κ2) is 8.24. The number of aryl methyl sites for hydroxylation is 2. The minimum Gasteiger partial charge on any atom is -0.325 e. The summed E-state index contributed by atoms with van der Waals surface area (Å²) in [5, 5.41) is 7.94. The number of nitrogens with zero attached hydrogens (tertiary/aromatic N) is 3. The molecule has 4 aromatic rings. The molecule has 0 aliphatic carbocycles. The fourth-order valence-electron chi connectivity index (χ4n) is 3.49. The van der Waals surface area contributed by atoms with Gasteiger partial charge in [0.05, 0.1) is 16.4 Å². The van der Waals surface area contributed by atoms with E-state index in [-0.39, 0.29) is 18.1 Å². The van der Waals surface area contributed by atoms with Crippen molar-refractivity contribution in [1.82, 2.24) is 14.6 Å². The minimum absolute atomic E-state index is 0.122. The van der Waals surface area contributed by atoms with Crippen molar-refractivity contribution < 1.29 is 9.18 Å². The van der Waals surface area contributed by atoms with Crippen LogP contribution in [0, 0.1) is 19.7 Å². The Labute approximate surface area is 178 Å². The number of carbonyl (C=O) groups excluding carboxylic acids is 1. The van der Waals surface area contributed by atoms with E-state index in [0.717, 1.165) is 17.0 Å². The fourth-order valence-corrected chi connectivity index (χ4v) is 3.67. The van der Waals surface area contributed by atoms with Crippen LogP contribution in [0.15, 0.2) is 54.6 Å². The monoisotopic (exact) mass is 422 g/mol. The van der Waals surface area contributed by atoms with Gasteiger partial charge in [0.2, 0.25) is 5.91 Å². The first-order valence-electron chi connectivity index (χ1n) is 9.58. The number of fused-ring (bicyclic) bond motifs is 1. The molecule has 1 N–H and O–H groups in total. The topological polar surface area (TPSA) is 59.3 Å². The Kier molecular flexibility index (Phi) is 5.50. The van der Waals surface area contributed by atoms with Crippen LogP contribution in [-0.4, -0.2) is 20.5 Å². The van der Waals surface area contributed by atoms with Crippen molar-refractivity contribution in [1.29, 1.82) is 0 Å². The summed E-state index contributed by atoms with van der Waals surface area (Å²) < 4.78 is 15.3. The first-order valence-corrected chi connectivity index (χ1v) is 9.96. The van der Waals surface area contributed by atoms with Crippen molar-refractivity contribution in [3.63, 3.8) is 0 Å². The zero-order chi connectivity index (χ0) is 21.3. The molecule has 1 amide bonds. The Morgan fingerprint density at radius 2 is 1.93 bits per heavy atom. The van der Waals surface area contributed by atoms with E-state index in [4.69, 9.17) is 11.6 Å². The molecule has 30 heavy (non-hydrogen) atoms. The third-order valence-corrected chi connectivity index (χ3v) is 5.36. The van der Waals surface area contributed by atoms with Gasteiger partial charge in [-0.1, -0.05) is 35.9 Å². The van der Waals surface area contributed by atoms with Crippen LogP contribution in [0.5, 0.6) is 0 Å². The summed E-state index contributed by atoms with van der Waals surface area (Å²) in [5.74, 6) is -0.432. The Morgan fingerprint density at radius 1 is 1.13 bits per heavy atom. The van der Waals surface area contributed by atoms with E-state index in [1.807, 2.05) is 38.1 Å². The SMILES string of the molecule is Cc1nc2cc(-c3cccc(F)c3)nn2c(C)c1CCC(=O)Nc1ccccc1Cl. The van der Waals surface area contributed by atoms with Gasteiger partial charge in [-0.05, 0) is 50.1 Å². The number of hydrogen-bond acceptors (Lipinski definition) is 3. The Hall–Kier alpha value is -3.25. The predicted octanol–water partition coefficient (Wildman–Crippen LogP) is 5.38. The summed E-state index contributed by atoms with van der Waals surface area (Å²) in [4.78, 5) is 17.0. The predicted molar refractivity (Wildman–Crippen MR) is 116 cm³/mol. The van der Waals surface area contributed by atoms with Crippen LogP contribution in [0.2, 0.25) is 5.02 Å². The van der Waals surface area contributed by atoms with Crippen LogP contribution in [0.25, 0.3) is 16.9 Å². The highest BCUT2D eigenvalue weighted by atomic mass is 35.5. The second-order valence-corrected chi connectivity index (χ2v) is 7.51. The highest BCUT2D eigenvalue weighted by molar-refractivity contribution is 6.33. The summed E-state index contributed by atoms with van der Waals surface area (Å²) in [6, 6.07) is 15.3. The molecule has 0 spiro atoms. The molecule has 152 valence electrons. The molecular weight excluding hydrogens is 403 g/mol. The molecule has 0 saturated heterocycles. The molecule has 0 saturated carbocycles. The molecule has 0 aliphatic heterocycles. The Balaban J connectivity index is 1.57. The number of rotatable bonds is 5. The van der Waals surface area contributed by atoms with Crippen molar-refractivity contribution in [3.8, 4) is 11.3 Å². The molecule has 0 atom stereocenters. The number of para-hydroxylation sites is 1. The van der Waals surface area contributed by atoms with Crippen LogP contribution >= 0.6 is 11.6 Å². The number of hydrogen-bond donors (Lipinski definition) is 1. The molecule has 0 fully saturated rings.